The molecule has 3 N–H and O–H groups in total. The Balaban J connectivity index is 1.86. The molecule has 114 valence electrons. The van der Waals surface area contributed by atoms with Gasteiger partial charge >= 0.3 is 0 Å². The third kappa shape index (κ3) is 4.66. The lowest BCUT2D eigenvalue weighted by atomic mass is 10.1. The van der Waals surface area contributed by atoms with Crippen LogP contribution in [-0.4, -0.2) is 43.5 Å². The van der Waals surface area contributed by atoms with Crippen molar-refractivity contribution in [1.29, 1.82) is 0 Å². The van der Waals surface area contributed by atoms with E-state index in [9.17, 15) is 4.79 Å². The summed E-state index contributed by atoms with van der Waals surface area (Å²) < 4.78 is 5.13. The number of likely N-dealkylation sites (tertiary alicyclic amines) is 1. The maximum atomic E-state index is 12.0. The van der Waals surface area contributed by atoms with Crippen LogP contribution in [-0.2, 0) is 4.79 Å². The van der Waals surface area contributed by atoms with Crippen LogP contribution in [0.25, 0.3) is 0 Å². The van der Waals surface area contributed by atoms with E-state index >= 15 is 0 Å². The van der Waals surface area contributed by atoms with Gasteiger partial charge in [0.25, 0.3) is 0 Å². The SMILES string of the molecule is COc1cccc(NC(N)=NCC(=O)N2CCCCC2)c1. The van der Waals surface area contributed by atoms with Gasteiger partial charge in [-0.1, -0.05) is 6.07 Å². The number of amides is 1. The predicted octanol–water partition coefficient (Wildman–Crippen LogP) is 1.43. The van der Waals surface area contributed by atoms with Crippen molar-refractivity contribution in [3.05, 3.63) is 24.3 Å². The number of hydrogen-bond acceptors (Lipinski definition) is 3. The molecular weight excluding hydrogens is 268 g/mol. The Kier molecular flexibility index (Phi) is 5.43. The molecule has 1 aromatic carbocycles. The molecule has 0 aromatic heterocycles. The van der Waals surface area contributed by atoms with Crippen molar-refractivity contribution in [3.8, 4) is 5.75 Å². The molecule has 1 saturated heterocycles. The minimum atomic E-state index is 0.0325. The van der Waals surface area contributed by atoms with Crippen molar-refractivity contribution in [2.24, 2.45) is 10.7 Å². The summed E-state index contributed by atoms with van der Waals surface area (Å²) in [4.78, 5) is 17.9. The molecule has 0 bridgehead atoms. The van der Waals surface area contributed by atoms with E-state index in [0.717, 1.165) is 37.4 Å². The molecule has 0 atom stereocenters. The number of carbonyl (C=O) groups is 1. The van der Waals surface area contributed by atoms with Gasteiger partial charge in [-0.3, -0.25) is 4.79 Å². The second-order valence-electron chi connectivity index (χ2n) is 5.00. The molecule has 1 amide bonds. The minimum Gasteiger partial charge on any atom is -0.497 e. The fourth-order valence-electron chi connectivity index (χ4n) is 2.28. The summed E-state index contributed by atoms with van der Waals surface area (Å²) in [5, 5.41) is 2.95. The zero-order chi connectivity index (χ0) is 15.1. The van der Waals surface area contributed by atoms with E-state index in [-0.39, 0.29) is 18.4 Å². The molecule has 6 nitrogen and oxygen atoms in total. The second kappa shape index (κ2) is 7.52. The Labute approximate surface area is 125 Å². The van der Waals surface area contributed by atoms with Gasteiger partial charge in [-0.05, 0) is 31.4 Å². The molecule has 0 spiro atoms. The van der Waals surface area contributed by atoms with E-state index in [2.05, 4.69) is 10.3 Å². The van der Waals surface area contributed by atoms with Crippen molar-refractivity contribution in [2.45, 2.75) is 19.3 Å². The Morgan fingerprint density at radius 1 is 1.38 bits per heavy atom. The van der Waals surface area contributed by atoms with Crippen LogP contribution >= 0.6 is 0 Å². The number of guanidine groups is 1. The van der Waals surface area contributed by atoms with E-state index < -0.39 is 0 Å². The molecular formula is C15H22N4O2. The van der Waals surface area contributed by atoms with Gasteiger partial charge in [0.05, 0.1) is 7.11 Å². The Morgan fingerprint density at radius 3 is 2.86 bits per heavy atom. The fraction of sp³-hybridized carbons (Fsp3) is 0.467. The van der Waals surface area contributed by atoms with Crippen molar-refractivity contribution in [1.82, 2.24) is 4.90 Å². The predicted molar refractivity (Wildman–Crippen MR) is 83.5 cm³/mol. The summed E-state index contributed by atoms with van der Waals surface area (Å²) in [6.45, 7) is 1.75. The first-order chi connectivity index (χ1) is 10.2. The Hall–Kier alpha value is -2.24. The summed E-state index contributed by atoms with van der Waals surface area (Å²) in [6.07, 6.45) is 3.35. The van der Waals surface area contributed by atoms with E-state index in [1.165, 1.54) is 6.42 Å². The number of anilines is 1. The highest BCUT2D eigenvalue weighted by Gasteiger charge is 2.15. The van der Waals surface area contributed by atoms with Gasteiger partial charge in [0.1, 0.15) is 12.3 Å². The molecule has 1 aliphatic heterocycles. The molecule has 0 aliphatic carbocycles. The van der Waals surface area contributed by atoms with Crippen molar-refractivity contribution in [2.75, 3.05) is 32.1 Å². The Bertz CT molecular complexity index is 510. The second-order valence-corrected chi connectivity index (χ2v) is 5.00. The summed E-state index contributed by atoms with van der Waals surface area (Å²) in [7, 11) is 1.61. The molecule has 21 heavy (non-hydrogen) atoms. The number of rotatable bonds is 4. The maximum absolute atomic E-state index is 12.0. The van der Waals surface area contributed by atoms with E-state index in [1.807, 2.05) is 29.2 Å². The molecule has 1 aromatic rings. The number of nitrogens with zero attached hydrogens (tertiary/aromatic N) is 2. The topological polar surface area (TPSA) is 80.0 Å². The van der Waals surface area contributed by atoms with Crippen LogP contribution in [0.2, 0.25) is 0 Å². The first-order valence-electron chi connectivity index (χ1n) is 7.18. The summed E-state index contributed by atoms with van der Waals surface area (Å²) in [6, 6.07) is 7.37. The number of nitrogens with one attached hydrogen (secondary N) is 1. The molecule has 1 heterocycles. The Morgan fingerprint density at radius 2 is 2.14 bits per heavy atom. The number of hydrogen-bond donors (Lipinski definition) is 2. The molecule has 1 aliphatic rings. The van der Waals surface area contributed by atoms with Gasteiger partial charge in [-0.2, -0.15) is 0 Å². The van der Waals surface area contributed by atoms with Gasteiger partial charge in [0.15, 0.2) is 5.96 Å². The lowest BCUT2D eigenvalue weighted by Crippen LogP contribution is -2.37. The maximum Gasteiger partial charge on any atom is 0.244 e. The highest BCUT2D eigenvalue weighted by molar-refractivity contribution is 5.94. The van der Waals surface area contributed by atoms with Crippen molar-refractivity contribution >= 4 is 17.6 Å². The summed E-state index contributed by atoms with van der Waals surface area (Å²) >= 11 is 0. The first kappa shape index (κ1) is 15.2. The zero-order valence-electron chi connectivity index (χ0n) is 12.3. The molecule has 2 rings (SSSR count). The smallest absolute Gasteiger partial charge is 0.244 e. The molecule has 0 saturated carbocycles. The van der Waals surface area contributed by atoms with Crippen LogP contribution in [0.3, 0.4) is 0 Å². The first-order valence-corrected chi connectivity index (χ1v) is 7.18. The number of methoxy groups -OCH3 is 1. The fourth-order valence-corrected chi connectivity index (χ4v) is 2.28. The van der Waals surface area contributed by atoms with Crippen LogP contribution in [0, 0.1) is 0 Å². The largest absolute Gasteiger partial charge is 0.497 e. The number of benzene rings is 1. The lowest BCUT2D eigenvalue weighted by Gasteiger charge is -2.26. The lowest BCUT2D eigenvalue weighted by molar-refractivity contribution is -0.130. The van der Waals surface area contributed by atoms with Gasteiger partial charge in [-0.25, -0.2) is 4.99 Å². The van der Waals surface area contributed by atoms with E-state index in [0.29, 0.717) is 0 Å². The van der Waals surface area contributed by atoms with Crippen LogP contribution < -0.4 is 15.8 Å². The third-order valence-corrected chi connectivity index (χ3v) is 3.44. The summed E-state index contributed by atoms with van der Waals surface area (Å²) in [5.41, 5.74) is 6.58. The van der Waals surface area contributed by atoms with Crippen LogP contribution in [0.1, 0.15) is 19.3 Å². The number of ether oxygens (including phenoxy) is 1. The van der Waals surface area contributed by atoms with Gasteiger partial charge in [0.2, 0.25) is 5.91 Å². The van der Waals surface area contributed by atoms with Gasteiger partial charge in [0, 0.05) is 24.8 Å². The average molecular weight is 290 g/mol. The van der Waals surface area contributed by atoms with Gasteiger partial charge < -0.3 is 20.7 Å². The third-order valence-electron chi connectivity index (χ3n) is 3.44. The van der Waals surface area contributed by atoms with Crippen LogP contribution in [0.4, 0.5) is 5.69 Å². The van der Waals surface area contributed by atoms with Crippen molar-refractivity contribution in [3.63, 3.8) is 0 Å². The molecule has 6 heteroatoms. The van der Waals surface area contributed by atoms with Crippen LogP contribution in [0.5, 0.6) is 5.75 Å². The molecule has 0 unspecified atom stereocenters. The highest BCUT2D eigenvalue weighted by atomic mass is 16.5. The normalized spacial score (nSPS) is 15.7. The quantitative estimate of drug-likeness (QED) is 0.649. The van der Waals surface area contributed by atoms with Gasteiger partial charge in [-0.15, -0.1) is 0 Å². The number of aliphatic imine (C=N–C) groups is 1. The molecule has 0 radical (unpaired) electrons. The number of carbonyl (C=O) groups excluding carboxylic acids is 1. The molecule has 1 fully saturated rings. The highest BCUT2D eigenvalue weighted by Crippen LogP contribution is 2.16. The standard InChI is InChI=1S/C15H22N4O2/c1-21-13-7-5-6-12(10-13)18-15(16)17-11-14(20)19-8-3-2-4-9-19/h5-7,10H,2-4,8-9,11H2,1H3,(H3,16,17,18). The minimum absolute atomic E-state index is 0.0325. The van der Waals surface area contributed by atoms with Crippen molar-refractivity contribution < 1.29 is 9.53 Å². The monoisotopic (exact) mass is 290 g/mol. The zero-order valence-corrected chi connectivity index (χ0v) is 12.3. The van der Waals surface area contributed by atoms with Crippen LogP contribution in [0.15, 0.2) is 29.3 Å². The summed E-state index contributed by atoms with van der Waals surface area (Å²) in [5.74, 6) is 0.996. The van der Waals surface area contributed by atoms with E-state index in [1.54, 1.807) is 7.11 Å². The van der Waals surface area contributed by atoms with E-state index in [4.69, 9.17) is 10.5 Å². The average Bonchev–Trinajstić information content (AvgIpc) is 2.53. The number of piperidine rings is 1. The number of nitrogens with two attached hydrogens (primary N) is 1.